The van der Waals surface area contributed by atoms with Gasteiger partial charge in [0.25, 0.3) is 11.8 Å². The van der Waals surface area contributed by atoms with Crippen LogP contribution in [0.5, 0.6) is 5.75 Å². The standard InChI is InChI=1S/C23H26N4O5S/c1-23(14-16-6-3-4-7-17(16)32-2)21(30)27(22(31)24-23)15-19(28)25-9-11-26(12-10-25)20(29)18-8-5-13-33-18/h3-8,13H,9-12,14-15H2,1-2H3,(H,24,31)/t23-/m1/s1. The molecule has 5 amide bonds. The van der Waals surface area contributed by atoms with E-state index >= 15 is 0 Å². The number of thiophene rings is 1. The SMILES string of the molecule is COc1ccccc1C[C@@]1(C)NC(=O)N(CC(=O)N2CCN(C(=O)c3cccs3)CC2)C1=O. The Morgan fingerprint density at radius 3 is 2.42 bits per heavy atom. The number of carbonyl (C=O) groups is 4. The Morgan fingerprint density at radius 1 is 1.06 bits per heavy atom. The van der Waals surface area contributed by atoms with Gasteiger partial charge in [-0.15, -0.1) is 11.3 Å². The largest absolute Gasteiger partial charge is 0.496 e. The summed E-state index contributed by atoms with van der Waals surface area (Å²) >= 11 is 1.39. The Labute approximate surface area is 195 Å². The molecule has 1 N–H and O–H groups in total. The van der Waals surface area contributed by atoms with Gasteiger partial charge in [0.15, 0.2) is 0 Å². The molecule has 0 bridgehead atoms. The average Bonchev–Trinajstić information content (AvgIpc) is 3.42. The highest BCUT2D eigenvalue weighted by atomic mass is 32.1. The molecule has 2 aliphatic rings. The van der Waals surface area contributed by atoms with E-state index in [1.54, 1.807) is 36.0 Å². The second-order valence-corrected chi connectivity index (χ2v) is 9.24. The first-order valence-electron chi connectivity index (χ1n) is 10.7. The maximum absolute atomic E-state index is 13.1. The number of urea groups is 1. The van der Waals surface area contributed by atoms with Crippen LogP contribution in [0.3, 0.4) is 0 Å². The van der Waals surface area contributed by atoms with E-state index in [2.05, 4.69) is 5.32 Å². The quantitative estimate of drug-likeness (QED) is 0.647. The summed E-state index contributed by atoms with van der Waals surface area (Å²) in [5, 5.41) is 4.59. The van der Waals surface area contributed by atoms with E-state index in [1.165, 1.54) is 11.3 Å². The maximum atomic E-state index is 13.1. The third-order valence-electron chi connectivity index (χ3n) is 6.03. The Balaban J connectivity index is 1.36. The van der Waals surface area contributed by atoms with Crippen LogP contribution in [0.1, 0.15) is 22.2 Å². The van der Waals surface area contributed by atoms with E-state index in [9.17, 15) is 19.2 Å². The van der Waals surface area contributed by atoms with Gasteiger partial charge in [-0.1, -0.05) is 24.3 Å². The van der Waals surface area contributed by atoms with Crippen LogP contribution in [-0.4, -0.2) is 83.8 Å². The molecule has 1 aromatic carbocycles. The number of piperazine rings is 1. The van der Waals surface area contributed by atoms with Gasteiger partial charge in [-0.25, -0.2) is 4.79 Å². The summed E-state index contributed by atoms with van der Waals surface area (Å²) in [5.74, 6) is -0.176. The number of hydrogen-bond donors (Lipinski definition) is 1. The lowest BCUT2D eigenvalue weighted by Crippen LogP contribution is -2.53. The highest BCUT2D eigenvalue weighted by Crippen LogP contribution is 2.27. The van der Waals surface area contributed by atoms with Crippen LogP contribution >= 0.6 is 11.3 Å². The molecule has 0 unspecified atom stereocenters. The van der Waals surface area contributed by atoms with Crippen LogP contribution in [0.4, 0.5) is 4.79 Å². The van der Waals surface area contributed by atoms with Crippen molar-refractivity contribution in [3.63, 3.8) is 0 Å². The second-order valence-electron chi connectivity index (χ2n) is 8.29. The predicted octanol–water partition coefficient (Wildman–Crippen LogP) is 1.59. The summed E-state index contributed by atoms with van der Waals surface area (Å²) in [6.07, 6.45) is 0.246. The fourth-order valence-corrected chi connectivity index (χ4v) is 4.88. The first kappa shape index (κ1) is 22.8. The molecule has 2 fully saturated rings. The summed E-state index contributed by atoms with van der Waals surface area (Å²) in [6.45, 7) is 2.86. The predicted molar refractivity (Wildman–Crippen MR) is 122 cm³/mol. The number of para-hydroxylation sites is 1. The lowest BCUT2D eigenvalue weighted by atomic mass is 9.92. The zero-order valence-corrected chi connectivity index (χ0v) is 19.4. The first-order valence-corrected chi connectivity index (χ1v) is 11.6. The molecule has 0 saturated carbocycles. The van der Waals surface area contributed by atoms with Gasteiger partial charge < -0.3 is 19.9 Å². The smallest absolute Gasteiger partial charge is 0.325 e. The molecule has 1 atom stereocenters. The number of methoxy groups -OCH3 is 1. The number of imide groups is 1. The molecule has 0 radical (unpaired) electrons. The number of amides is 5. The Morgan fingerprint density at radius 2 is 1.76 bits per heavy atom. The van der Waals surface area contributed by atoms with Crippen LogP contribution in [-0.2, 0) is 16.0 Å². The molecule has 3 heterocycles. The second kappa shape index (κ2) is 9.22. The molecule has 0 aliphatic carbocycles. The van der Waals surface area contributed by atoms with Gasteiger partial charge in [-0.2, -0.15) is 0 Å². The van der Waals surface area contributed by atoms with E-state index < -0.39 is 17.5 Å². The minimum absolute atomic E-state index is 0.0432. The van der Waals surface area contributed by atoms with E-state index in [0.29, 0.717) is 36.8 Å². The van der Waals surface area contributed by atoms with Crippen LogP contribution in [0.25, 0.3) is 0 Å². The van der Waals surface area contributed by atoms with Crippen molar-refractivity contribution in [3.8, 4) is 5.75 Å². The normalized spacial score (nSPS) is 20.7. The molecule has 174 valence electrons. The number of nitrogens with one attached hydrogen (secondary N) is 1. The zero-order valence-electron chi connectivity index (χ0n) is 18.6. The van der Waals surface area contributed by atoms with Gasteiger partial charge in [-0.3, -0.25) is 19.3 Å². The molecule has 9 nitrogen and oxygen atoms in total. The van der Waals surface area contributed by atoms with E-state index in [1.807, 2.05) is 29.6 Å². The monoisotopic (exact) mass is 470 g/mol. The van der Waals surface area contributed by atoms with E-state index in [4.69, 9.17) is 4.74 Å². The molecule has 1 aromatic heterocycles. The minimum Gasteiger partial charge on any atom is -0.496 e. The fraction of sp³-hybridized carbons (Fsp3) is 0.391. The number of carbonyl (C=O) groups excluding carboxylic acids is 4. The van der Waals surface area contributed by atoms with Crippen molar-refractivity contribution in [1.29, 1.82) is 0 Å². The summed E-state index contributed by atoms with van der Waals surface area (Å²) in [6, 6.07) is 10.3. The number of benzene rings is 1. The fourth-order valence-electron chi connectivity index (χ4n) is 4.19. The molecule has 2 aliphatic heterocycles. The number of hydrogen-bond acceptors (Lipinski definition) is 6. The summed E-state index contributed by atoms with van der Waals surface area (Å²) in [5.41, 5.74) is -0.381. The molecular weight excluding hydrogens is 444 g/mol. The molecule has 4 rings (SSSR count). The molecule has 2 saturated heterocycles. The maximum Gasteiger partial charge on any atom is 0.325 e. The first-order chi connectivity index (χ1) is 15.8. The van der Waals surface area contributed by atoms with Gasteiger partial charge in [0.2, 0.25) is 5.91 Å². The van der Waals surface area contributed by atoms with Crippen LogP contribution in [0, 0.1) is 0 Å². The molecule has 0 spiro atoms. The van der Waals surface area contributed by atoms with Crippen molar-refractivity contribution in [2.45, 2.75) is 18.9 Å². The van der Waals surface area contributed by atoms with Crippen molar-refractivity contribution in [2.24, 2.45) is 0 Å². The van der Waals surface area contributed by atoms with Gasteiger partial charge in [0.1, 0.15) is 17.8 Å². The summed E-state index contributed by atoms with van der Waals surface area (Å²) < 4.78 is 5.36. The third-order valence-corrected chi connectivity index (χ3v) is 6.88. The lowest BCUT2D eigenvalue weighted by Gasteiger charge is -2.35. The lowest BCUT2D eigenvalue weighted by molar-refractivity contribution is -0.139. The molecule has 2 aromatic rings. The number of ether oxygens (including phenoxy) is 1. The summed E-state index contributed by atoms with van der Waals surface area (Å²) in [4.78, 5) is 56.0. The van der Waals surface area contributed by atoms with Crippen molar-refractivity contribution in [2.75, 3.05) is 39.8 Å². The van der Waals surface area contributed by atoms with Crippen molar-refractivity contribution in [3.05, 3.63) is 52.2 Å². The van der Waals surface area contributed by atoms with E-state index in [0.717, 1.165) is 10.5 Å². The highest BCUT2D eigenvalue weighted by molar-refractivity contribution is 7.12. The Hall–Kier alpha value is -3.40. The van der Waals surface area contributed by atoms with Gasteiger partial charge in [0, 0.05) is 32.6 Å². The topological polar surface area (TPSA) is 99.3 Å². The van der Waals surface area contributed by atoms with Gasteiger partial charge in [-0.05, 0) is 30.0 Å². The minimum atomic E-state index is -1.17. The van der Waals surface area contributed by atoms with E-state index in [-0.39, 0.29) is 24.8 Å². The number of rotatable bonds is 6. The Bertz CT molecular complexity index is 1060. The summed E-state index contributed by atoms with van der Waals surface area (Å²) in [7, 11) is 1.55. The van der Waals surface area contributed by atoms with Crippen LogP contribution < -0.4 is 10.1 Å². The van der Waals surface area contributed by atoms with Gasteiger partial charge in [0.05, 0.1) is 12.0 Å². The van der Waals surface area contributed by atoms with Crippen molar-refractivity contribution in [1.82, 2.24) is 20.0 Å². The molecule has 33 heavy (non-hydrogen) atoms. The van der Waals surface area contributed by atoms with Crippen LogP contribution in [0.15, 0.2) is 41.8 Å². The molecular formula is C23H26N4O5S. The van der Waals surface area contributed by atoms with Gasteiger partial charge >= 0.3 is 6.03 Å². The zero-order chi connectivity index (χ0) is 23.6. The van der Waals surface area contributed by atoms with Crippen molar-refractivity contribution >= 4 is 35.1 Å². The molecule has 10 heteroatoms. The Kier molecular flexibility index (Phi) is 6.37. The number of nitrogens with zero attached hydrogens (tertiary/aromatic N) is 3. The van der Waals surface area contributed by atoms with Crippen LogP contribution in [0.2, 0.25) is 0 Å². The third kappa shape index (κ3) is 4.56. The van der Waals surface area contributed by atoms with Crippen molar-refractivity contribution < 1.29 is 23.9 Å². The highest BCUT2D eigenvalue weighted by Gasteiger charge is 2.49. The average molecular weight is 471 g/mol.